The van der Waals surface area contributed by atoms with Crippen LogP contribution >= 0.6 is 0 Å². The van der Waals surface area contributed by atoms with Gasteiger partial charge in [-0.2, -0.15) is 0 Å². The highest BCUT2D eigenvalue weighted by molar-refractivity contribution is 5.81. The summed E-state index contributed by atoms with van der Waals surface area (Å²) in [5, 5.41) is 6.20. The second-order valence-corrected chi connectivity index (χ2v) is 7.47. The van der Waals surface area contributed by atoms with Crippen molar-refractivity contribution in [2.45, 2.75) is 71.0 Å². The molecular weight excluding hydrogens is 278 g/mol. The first-order valence-corrected chi connectivity index (χ1v) is 8.80. The first kappa shape index (κ1) is 17.3. The van der Waals surface area contributed by atoms with Crippen molar-refractivity contribution in [1.82, 2.24) is 10.6 Å². The number of carbonyl (C=O) groups is 2. The predicted molar refractivity (Wildman–Crippen MR) is 86.5 cm³/mol. The summed E-state index contributed by atoms with van der Waals surface area (Å²) in [6.45, 7) is 6.78. The third-order valence-corrected chi connectivity index (χ3v) is 5.55. The van der Waals surface area contributed by atoms with Gasteiger partial charge in [-0.05, 0) is 38.0 Å². The van der Waals surface area contributed by atoms with Crippen LogP contribution < -0.4 is 15.5 Å². The van der Waals surface area contributed by atoms with E-state index in [4.69, 9.17) is 0 Å². The quantitative estimate of drug-likeness (QED) is 0.652. The number of nitrogens with one attached hydrogen (secondary N) is 3. The monoisotopic (exact) mass is 310 g/mol. The highest BCUT2D eigenvalue weighted by atomic mass is 16.2. The van der Waals surface area contributed by atoms with Gasteiger partial charge in [-0.15, -0.1) is 0 Å². The van der Waals surface area contributed by atoms with Crippen molar-refractivity contribution >= 4 is 11.8 Å². The molecule has 0 aromatic carbocycles. The van der Waals surface area contributed by atoms with E-state index in [1.54, 1.807) is 0 Å². The van der Waals surface area contributed by atoms with E-state index in [9.17, 15) is 9.59 Å². The zero-order valence-corrected chi connectivity index (χ0v) is 14.4. The summed E-state index contributed by atoms with van der Waals surface area (Å²) in [5.41, 5.74) is 0. The molecule has 2 saturated carbocycles. The van der Waals surface area contributed by atoms with Crippen LogP contribution in [0.1, 0.15) is 52.9 Å². The van der Waals surface area contributed by atoms with E-state index in [0.717, 1.165) is 24.2 Å². The van der Waals surface area contributed by atoms with Crippen LogP contribution in [0, 0.1) is 11.8 Å². The molecule has 22 heavy (non-hydrogen) atoms. The van der Waals surface area contributed by atoms with Crippen molar-refractivity contribution in [3.05, 3.63) is 0 Å². The highest BCUT2D eigenvalue weighted by Crippen LogP contribution is 2.29. The van der Waals surface area contributed by atoms with Crippen molar-refractivity contribution in [1.29, 1.82) is 0 Å². The SMILES string of the molecule is C[C@@H]1[C@@H](C)CCC[C@H]1NC(=O)[C@@H](C)[NH+](C)CC(=O)NC1CC1. The van der Waals surface area contributed by atoms with Crippen molar-refractivity contribution in [3.8, 4) is 0 Å². The van der Waals surface area contributed by atoms with Crippen LogP contribution in [0.3, 0.4) is 0 Å². The number of hydrogen-bond donors (Lipinski definition) is 3. The minimum Gasteiger partial charge on any atom is -0.348 e. The van der Waals surface area contributed by atoms with Crippen molar-refractivity contribution < 1.29 is 14.5 Å². The molecule has 2 aliphatic rings. The first-order valence-electron chi connectivity index (χ1n) is 8.80. The molecule has 0 bridgehead atoms. The molecule has 0 aliphatic heterocycles. The summed E-state index contributed by atoms with van der Waals surface area (Å²) < 4.78 is 0. The lowest BCUT2D eigenvalue weighted by atomic mass is 9.78. The van der Waals surface area contributed by atoms with Gasteiger partial charge in [-0.25, -0.2) is 0 Å². The molecule has 5 nitrogen and oxygen atoms in total. The zero-order valence-electron chi connectivity index (χ0n) is 14.4. The second-order valence-electron chi connectivity index (χ2n) is 7.47. The lowest BCUT2D eigenvalue weighted by Gasteiger charge is -2.35. The minimum atomic E-state index is -0.200. The number of hydrogen-bond acceptors (Lipinski definition) is 2. The Morgan fingerprint density at radius 2 is 1.82 bits per heavy atom. The molecule has 0 radical (unpaired) electrons. The van der Waals surface area contributed by atoms with E-state index >= 15 is 0 Å². The van der Waals surface area contributed by atoms with Crippen LogP contribution in [0.2, 0.25) is 0 Å². The molecular formula is C17H32N3O2+. The predicted octanol–water partition coefficient (Wildman–Crippen LogP) is 0.109. The Morgan fingerprint density at radius 1 is 1.14 bits per heavy atom. The van der Waals surface area contributed by atoms with Crippen molar-refractivity contribution in [2.24, 2.45) is 11.8 Å². The maximum atomic E-state index is 12.5. The standard InChI is InChI=1S/C17H31N3O2/c1-11-6-5-7-15(12(11)2)19-17(22)13(3)20(4)10-16(21)18-14-8-9-14/h11-15H,5-10H2,1-4H3,(H,18,21)(H,19,22)/p+1/t11-,12+,13+,15+/m0/s1. The molecule has 126 valence electrons. The number of amides is 2. The normalized spacial score (nSPS) is 31.2. The lowest BCUT2D eigenvalue weighted by molar-refractivity contribution is -0.886. The molecule has 0 heterocycles. The summed E-state index contributed by atoms with van der Waals surface area (Å²) in [7, 11) is 1.92. The van der Waals surface area contributed by atoms with E-state index < -0.39 is 0 Å². The minimum absolute atomic E-state index is 0.0549. The highest BCUT2D eigenvalue weighted by Gasteiger charge is 2.32. The molecule has 0 saturated heterocycles. The fourth-order valence-electron chi connectivity index (χ4n) is 3.23. The fraction of sp³-hybridized carbons (Fsp3) is 0.882. The van der Waals surface area contributed by atoms with E-state index in [-0.39, 0.29) is 23.9 Å². The van der Waals surface area contributed by atoms with E-state index in [0.29, 0.717) is 24.4 Å². The largest absolute Gasteiger partial charge is 0.348 e. The van der Waals surface area contributed by atoms with Crippen LogP contribution in [0.5, 0.6) is 0 Å². The molecule has 5 atom stereocenters. The van der Waals surface area contributed by atoms with Gasteiger partial charge in [0.1, 0.15) is 0 Å². The van der Waals surface area contributed by atoms with Crippen LogP contribution in [-0.2, 0) is 9.59 Å². The van der Waals surface area contributed by atoms with Gasteiger partial charge in [0.2, 0.25) is 0 Å². The molecule has 2 aliphatic carbocycles. The molecule has 3 N–H and O–H groups in total. The summed E-state index contributed by atoms with van der Waals surface area (Å²) >= 11 is 0. The van der Waals surface area contributed by atoms with Crippen molar-refractivity contribution in [3.63, 3.8) is 0 Å². The Labute approximate surface area is 134 Å². The Hall–Kier alpha value is -1.10. The van der Waals surface area contributed by atoms with Gasteiger partial charge in [0.25, 0.3) is 11.8 Å². The summed E-state index contributed by atoms with van der Waals surface area (Å²) in [6, 6.07) is 0.468. The average Bonchev–Trinajstić information content (AvgIpc) is 3.26. The average molecular weight is 310 g/mol. The molecule has 0 aromatic heterocycles. The van der Waals surface area contributed by atoms with Crippen LogP contribution in [0.15, 0.2) is 0 Å². The maximum absolute atomic E-state index is 12.5. The van der Waals surface area contributed by atoms with Gasteiger partial charge in [0, 0.05) is 12.1 Å². The van der Waals surface area contributed by atoms with E-state index in [1.807, 2.05) is 14.0 Å². The van der Waals surface area contributed by atoms with Gasteiger partial charge < -0.3 is 15.5 Å². The molecule has 0 aromatic rings. The molecule has 1 unspecified atom stereocenters. The lowest BCUT2D eigenvalue weighted by Crippen LogP contribution is -3.15. The maximum Gasteiger partial charge on any atom is 0.278 e. The second kappa shape index (κ2) is 7.44. The van der Waals surface area contributed by atoms with Gasteiger partial charge in [0.05, 0.1) is 7.05 Å². The molecule has 5 heteroatoms. The molecule has 0 spiro atoms. The smallest absolute Gasteiger partial charge is 0.278 e. The van der Waals surface area contributed by atoms with E-state index in [2.05, 4.69) is 24.5 Å². The molecule has 2 rings (SSSR count). The number of rotatable bonds is 6. The topological polar surface area (TPSA) is 62.6 Å². The number of quaternary nitrogens is 1. The van der Waals surface area contributed by atoms with Gasteiger partial charge in [-0.3, -0.25) is 9.59 Å². The molecule has 2 amide bonds. The Morgan fingerprint density at radius 3 is 2.45 bits per heavy atom. The van der Waals surface area contributed by atoms with Gasteiger partial charge >= 0.3 is 0 Å². The summed E-state index contributed by atoms with van der Waals surface area (Å²) in [6.07, 6.45) is 5.72. The molecule has 2 fully saturated rings. The third-order valence-electron chi connectivity index (χ3n) is 5.55. The fourth-order valence-corrected chi connectivity index (χ4v) is 3.23. The van der Waals surface area contributed by atoms with Gasteiger partial charge in [0.15, 0.2) is 12.6 Å². The van der Waals surface area contributed by atoms with Crippen molar-refractivity contribution in [2.75, 3.05) is 13.6 Å². The zero-order chi connectivity index (χ0) is 16.3. The Kier molecular flexibility index (Phi) is 5.84. The van der Waals surface area contributed by atoms with Crippen LogP contribution in [0.25, 0.3) is 0 Å². The number of likely N-dealkylation sites (N-methyl/N-ethyl adjacent to an activating group) is 1. The summed E-state index contributed by atoms with van der Waals surface area (Å²) in [4.78, 5) is 25.3. The number of carbonyl (C=O) groups excluding carboxylic acids is 2. The van der Waals surface area contributed by atoms with Crippen LogP contribution in [0.4, 0.5) is 0 Å². The van der Waals surface area contributed by atoms with Gasteiger partial charge in [-0.1, -0.05) is 26.7 Å². The Bertz CT molecular complexity index is 409. The Balaban J connectivity index is 1.78. The van der Waals surface area contributed by atoms with Crippen LogP contribution in [-0.4, -0.2) is 43.5 Å². The third kappa shape index (κ3) is 4.70. The van der Waals surface area contributed by atoms with E-state index in [1.165, 1.54) is 12.8 Å². The summed E-state index contributed by atoms with van der Waals surface area (Å²) in [5.74, 6) is 1.33. The first-order chi connectivity index (χ1) is 10.4.